The summed E-state index contributed by atoms with van der Waals surface area (Å²) in [5, 5.41) is 0. The van der Waals surface area contributed by atoms with Crippen molar-refractivity contribution in [3.05, 3.63) is 0 Å². The number of halogens is 10. The maximum atomic E-state index is 12.6. The molecule has 11 heteroatoms. The van der Waals surface area contributed by atoms with Gasteiger partial charge in [-0.15, -0.1) is 0 Å². The molecule has 0 aromatic carbocycles. The number of alkyl halides is 10. The van der Waals surface area contributed by atoms with Crippen LogP contribution in [-0.2, 0) is 4.74 Å². The van der Waals surface area contributed by atoms with Gasteiger partial charge in [0, 0.05) is 0 Å². The molecule has 0 saturated heterocycles. The highest BCUT2D eigenvalue weighted by Gasteiger charge is 2.76. The fourth-order valence-electron chi connectivity index (χ4n) is 0.436. The summed E-state index contributed by atoms with van der Waals surface area (Å²) in [6.45, 7) is 0. The largest absolute Gasteiger partial charge is 0.458 e. The highest BCUT2D eigenvalue weighted by molar-refractivity contribution is 6.66. The lowest BCUT2D eigenvalue weighted by Gasteiger charge is -2.31. The van der Waals surface area contributed by atoms with E-state index >= 15 is 0 Å². The third-order valence-corrected chi connectivity index (χ3v) is 1.22. The van der Waals surface area contributed by atoms with Crippen molar-refractivity contribution in [1.82, 2.24) is 0 Å². The Morgan fingerprint density at radius 2 is 0.933 bits per heavy atom. The Labute approximate surface area is 93.0 Å². The van der Waals surface area contributed by atoms with Crippen molar-refractivity contribution in [3.8, 4) is 0 Å². The van der Waals surface area contributed by atoms with E-state index in [2.05, 4.69) is 39.5 Å². The van der Waals surface area contributed by atoms with Crippen LogP contribution in [0.15, 0.2) is 0 Å². The quantitative estimate of drug-likeness (QED) is 0.523. The summed E-state index contributed by atoms with van der Waals surface area (Å²) >= 11 is 13.5. The molecule has 92 valence electrons. The lowest BCUT2D eigenvalue weighted by molar-refractivity contribution is -0.432. The van der Waals surface area contributed by atoms with Crippen molar-refractivity contribution in [3.63, 3.8) is 0 Å². The molecule has 0 atom stereocenters. The van der Waals surface area contributed by atoms with Crippen molar-refractivity contribution in [2.75, 3.05) is 0 Å². The Morgan fingerprint density at radius 3 is 1.00 bits per heavy atom. The first-order valence-corrected chi connectivity index (χ1v) is 3.93. The summed E-state index contributed by atoms with van der Waals surface area (Å²) in [6.07, 6.45) is -12.8. The summed E-state index contributed by atoms with van der Waals surface area (Å²) in [4.78, 5) is 0. The van der Waals surface area contributed by atoms with Crippen LogP contribution >= 0.6 is 34.8 Å². The second-order valence-electron chi connectivity index (χ2n) is 2.14. The molecule has 0 radical (unpaired) electrons. The van der Waals surface area contributed by atoms with Crippen LogP contribution in [-0.4, -0.2) is 22.2 Å². The van der Waals surface area contributed by atoms with Gasteiger partial charge >= 0.3 is 22.2 Å². The van der Waals surface area contributed by atoms with Crippen LogP contribution < -0.4 is 0 Å². The van der Waals surface area contributed by atoms with Gasteiger partial charge in [-0.05, 0) is 0 Å². The summed E-state index contributed by atoms with van der Waals surface area (Å²) < 4.78 is 82.2. The second kappa shape index (κ2) is 3.97. The molecule has 0 aliphatic carbocycles. The lowest BCUT2D eigenvalue weighted by Crippen LogP contribution is -2.57. The number of rotatable bonds is 1. The first-order valence-electron chi connectivity index (χ1n) is 2.80. The molecule has 0 rings (SSSR count). The fraction of sp³-hybridized carbons (Fsp3) is 1.00. The van der Waals surface area contributed by atoms with Crippen molar-refractivity contribution >= 4 is 34.8 Å². The van der Waals surface area contributed by atoms with Gasteiger partial charge in [-0.3, -0.25) is 4.74 Å². The maximum Gasteiger partial charge on any atom is 0.458 e. The molecular weight excluding hydrogens is 303 g/mol. The van der Waals surface area contributed by atoms with Gasteiger partial charge in [0.2, 0.25) is 0 Å². The van der Waals surface area contributed by atoms with Gasteiger partial charge in [0.1, 0.15) is 0 Å². The molecule has 0 aromatic rings. The van der Waals surface area contributed by atoms with Gasteiger partial charge in [-0.25, -0.2) is 0 Å². The maximum absolute atomic E-state index is 12.6. The van der Waals surface area contributed by atoms with Crippen molar-refractivity contribution in [2.45, 2.75) is 22.2 Å². The Hall–Kier alpha value is 0.340. The van der Waals surface area contributed by atoms with Gasteiger partial charge in [0.05, 0.1) is 0 Å². The van der Waals surface area contributed by atoms with E-state index in [0.29, 0.717) is 0 Å². The molecule has 0 heterocycles. The zero-order valence-electron chi connectivity index (χ0n) is 6.19. The first kappa shape index (κ1) is 15.3. The average Bonchev–Trinajstić information content (AvgIpc) is 1.77. The molecule has 0 saturated carbocycles. The summed E-state index contributed by atoms with van der Waals surface area (Å²) in [5.74, 6) is -6.04. The molecule has 0 aliphatic heterocycles. The van der Waals surface area contributed by atoms with E-state index in [1.807, 2.05) is 0 Å². The van der Waals surface area contributed by atoms with Gasteiger partial charge < -0.3 is 0 Å². The zero-order valence-corrected chi connectivity index (χ0v) is 8.46. The molecule has 0 fully saturated rings. The molecule has 0 aromatic heterocycles. The van der Waals surface area contributed by atoms with Crippen LogP contribution in [0.4, 0.5) is 30.7 Å². The first-order chi connectivity index (χ1) is 6.21. The molecule has 0 aliphatic rings. The summed E-state index contributed by atoms with van der Waals surface area (Å²) in [6, 6.07) is 0. The van der Waals surface area contributed by atoms with Gasteiger partial charge in [0.25, 0.3) is 0 Å². The molecule has 0 N–H and O–H groups in total. The van der Waals surface area contributed by atoms with E-state index < -0.39 is 22.2 Å². The predicted octanol–water partition coefficient (Wildman–Crippen LogP) is 4.12. The Bertz CT molecular complexity index is 214. The van der Waals surface area contributed by atoms with Crippen LogP contribution in [0.5, 0.6) is 0 Å². The monoisotopic (exact) mass is 302 g/mol. The highest BCUT2D eigenvalue weighted by Crippen LogP contribution is 2.50. The normalized spacial score (nSPS) is 15.6. The van der Waals surface area contributed by atoms with Crippen molar-refractivity contribution in [1.29, 1.82) is 0 Å². The number of ether oxygens (including phenoxy) is 1. The minimum Gasteiger partial charge on any atom is -0.282 e. The smallest absolute Gasteiger partial charge is 0.282 e. The zero-order chi connectivity index (χ0) is 12.7. The third kappa shape index (κ3) is 3.69. The summed E-state index contributed by atoms with van der Waals surface area (Å²) in [5.41, 5.74) is 0. The minimum absolute atomic E-state index is 2.73. The van der Waals surface area contributed by atoms with E-state index in [1.54, 1.807) is 0 Å². The van der Waals surface area contributed by atoms with E-state index in [0.717, 1.165) is 0 Å². The van der Waals surface area contributed by atoms with Crippen molar-refractivity contribution in [2.24, 2.45) is 0 Å². The lowest BCUT2D eigenvalue weighted by atomic mass is 10.3. The van der Waals surface area contributed by atoms with Crippen LogP contribution in [0.1, 0.15) is 0 Å². The van der Waals surface area contributed by atoms with E-state index in [1.165, 1.54) is 0 Å². The Balaban J connectivity index is 5.26. The highest BCUT2D eigenvalue weighted by atomic mass is 35.6. The predicted molar refractivity (Wildman–Crippen MR) is 37.3 cm³/mol. The van der Waals surface area contributed by atoms with Gasteiger partial charge in [-0.2, -0.15) is 30.7 Å². The van der Waals surface area contributed by atoms with Crippen LogP contribution in [0.25, 0.3) is 0 Å². The van der Waals surface area contributed by atoms with Crippen LogP contribution in [0.3, 0.4) is 0 Å². The van der Waals surface area contributed by atoms with Gasteiger partial charge in [0.15, 0.2) is 0 Å². The average molecular weight is 303 g/mol. The number of hydrogen-bond donors (Lipinski definition) is 0. The number of hydrogen-bond acceptors (Lipinski definition) is 1. The standard InChI is InChI=1S/C4Cl3F7O/c5-4(6,7)15-1(8,2(9,10)11)3(12,13)14. The van der Waals surface area contributed by atoms with Crippen LogP contribution in [0.2, 0.25) is 0 Å². The molecule has 0 unspecified atom stereocenters. The van der Waals surface area contributed by atoms with E-state index in [-0.39, 0.29) is 0 Å². The Morgan fingerprint density at radius 1 is 0.667 bits per heavy atom. The van der Waals surface area contributed by atoms with Crippen molar-refractivity contribution < 1.29 is 35.5 Å². The SMILES string of the molecule is FC(F)(F)C(F)(OC(Cl)(Cl)Cl)C(F)(F)F. The molecule has 0 spiro atoms. The summed E-state index contributed by atoms with van der Waals surface area (Å²) in [7, 11) is 0. The second-order valence-corrected chi connectivity index (χ2v) is 4.32. The third-order valence-electron chi connectivity index (χ3n) is 0.986. The van der Waals surface area contributed by atoms with E-state index in [4.69, 9.17) is 0 Å². The minimum atomic E-state index is -6.42. The molecule has 0 amide bonds. The van der Waals surface area contributed by atoms with E-state index in [9.17, 15) is 30.7 Å². The Kier molecular flexibility index (Phi) is 4.06. The topological polar surface area (TPSA) is 9.23 Å². The van der Waals surface area contributed by atoms with Gasteiger partial charge in [-0.1, -0.05) is 34.8 Å². The molecular formula is C4Cl3F7O. The molecule has 0 bridgehead atoms. The fourth-order valence-corrected chi connectivity index (χ4v) is 0.755. The molecule has 1 nitrogen and oxygen atoms in total. The van der Waals surface area contributed by atoms with Crippen LogP contribution in [0, 0.1) is 0 Å². The molecule has 15 heavy (non-hydrogen) atoms.